The van der Waals surface area contributed by atoms with Crippen LogP contribution in [0.25, 0.3) is 6.08 Å². The molecule has 2 aromatic carbocycles. The summed E-state index contributed by atoms with van der Waals surface area (Å²) in [6.45, 7) is 2.52. The minimum atomic E-state index is -0.241. The van der Waals surface area contributed by atoms with E-state index in [0.29, 0.717) is 11.6 Å². The summed E-state index contributed by atoms with van der Waals surface area (Å²) in [4.78, 5) is 11.7. The van der Waals surface area contributed by atoms with E-state index in [1.807, 2.05) is 49.4 Å². The van der Waals surface area contributed by atoms with Gasteiger partial charge in [-0.25, -0.2) is 4.79 Å². The summed E-state index contributed by atoms with van der Waals surface area (Å²) in [6.07, 6.45) is 3.38. The molecule has 21 heavy (non-hydrogen) atoms. The van der Waals surface area contributed by atoms with Crippen molar-refractivity contribution < 1.29 is 4.79 Å². The Morgan fingerprint density at radius 1 is 1.19 bits per heavy atom. The van der Waals surface area contributed by atoms with Gasteiger partial charge in [0.05, 0.1) is 0 Å². The third-order valence-corrected chi connectivity index (χ3v) is 3.11. The van der Waals surface area contributed by atoms with Crippen LogP contribution < -0.4 is 10.6 Å². The molecule has 0 unspecified atom stereocenters. The molecule has 2 aromatic rings. The van der Waals surface area contributed by atoms with E-state index >= 15 is 0 Å². The lowest BCUT2D eigenvalue weighted by atomic mass is 10.1. The Bertz CT molecular complexity index is 653. The first kappa shape index (κ1) is 15.1. The third-order valence-electron chi connectivity index (χ3n) is 2.87. The van der Waals surface area contributed by atoms with Crippen LogP contribution >= 0.6 is 11.6 Å². The molecular weight excluding hydrogens is 284 g/mol. The zero-order chi connectivity index (χ0) is 15.1. The van der Waals surface area contributed by atoms with Crippen molar-refractivity contribution in [1.29, 1.82) is 0 Å². The van der Waals surface area contributed by atoms with E-state index < -0.39 is 0 Å². The number of carbonyl (C=O) groups is 1. The van der Waals surface area contributed by atoms with E-state index in [-0.39, 0.29) is 6.03 Å². The van der Waals surface area contributed by atoms with Gasteiger partial charge in [-0.05, 0) is 36.3 Å². The second-order valence-corrected chi connectivity index (χ2v) is 5.14. The van der Waals surface area contributed by atoms with Crippen LogP contribution in [-0.4, -0.2) is 6.03 Å². The first-order valence-corrected chi connectivity index (χ1v) is 7.03. The summed E-state index contributed by atoms with van der Waals surface area (Å²) in [5.41, 5.74) is 3.18. The van der Waals surface area contributed by atoms with Gasteiger partial charge >= 0.3 is 6.03 Å². The fraction of sp³-hybridized carbons (Fsp3) is 0.118. The van der Waals surface area contributed by atoms with Gasteiger partial charge in [0, 0.05) is 17.8 Å². The van der Waals surface area contributed by atoms with Gasteiger partial charge in [0.15, 0.2) is 0 Å². The fourth-order valence-electron chi connectivity index (χ4n) is 1.88. The Labute approximate surface area is 129 Å². The summed E-state index contributed by atoms with van der Waals surface area (Å²) in [5, 5.41) is 6.13. The second kappa shape index (κ2) is 7.50. The van der Waals surface area contributed by atoms with Crippen LogP contribution in [0.1, 0.15) is 16.7 Å². The Hall–Kier alpha value is -2.26. The summed E-state index contributed by atoms with van der Waals surface area (Å²) in [6, 6.07) is 15.2. The summed E-state index contributed by atoms with van der Waals surface area (Å²) >= 11 is 5.88. The number of halogens is 1. The maximum Gasteiger partial charge on any atom is 0.319 e. The van der Waals surface area contributed by atoms with Crippen LogP contribution in [0.15, 0.2) is 54.7 Å². The number of hydrogen-bond donors (Lipinski definition) is 2. The number of amides is 2. The normalized spacial score (nSPS) is 10.6. The highest BCUT2D eigenvalue weighted by Gasteiger charge is 1.98. The molecule has 0 heterocycles. The molecule has 0 aliphatic rings. The Balaban J connectivity index is 1.80. The minimum absolute atomic E-state index is 0.241. The minimum Gasteiger partial charge on any atom is -0.334 e. The lowest BCUT2D eigenvalue weighted by Gasteiger charge is -2.05. The molecule has 0 saturated carbocycles. The van der Waals surface area contributed by atoms with Gasteiger partial charge in [-0.1, -0.05) is 53.6 Å². The first-order valence-electron chi connectivity index (χ1n) is 6.65. The van der Waals surface area contributed by atoms with Crippen LogP contribution in [0.5, 0.6) is 0 Å². The molecule has 0 spiro atoms. The highest BCUT2D eigenvalue weighted by atomic mass is 35.5. The van der Waals surface area contributed by atoms with Crippen molar-refractivity contribution in [1.82, 2.24) is 10.6 Å². The Kier molecular flexibility index (Phi) is 5.41. The van der Waals surface area contributed by atoms with E-state index in [4.69, 9.17) is 11.6 Å². The molecular formula is C17H17ClN2O. The number of nitrogens with one attached hydrogen (secondary N) is 2. The van der Waals surface area contributed by atoms with E-state index in [9.17, 15) is 4.79 Å². The standard InChI is InChI=1S/C17H17ClN2O/c1-13-4-2-6-15(10-13)12-20-17(21)19-9-8-14-5-3-7-16(18)11-14/h2-11H,12H2,1H3,(H2,19,20,21)/b9-8+. The number of urea groups is 1. The highest BCUT2D eigenvalue weighted by Crippen LogP contribution is 2.11. The molecule has 3 nitrogen and oxygen atoms in total. The van der Waals surface area contributed by atoms with Gasteiger partial charge < -0.3 is 10.6 Å². The molecule has 0 aliphatic carbocycles. The number of benzene rings is 2. The number of carbonyl (C=O) groups excluding carboxylic acids is 1. The largest absolute Gasteiger partial charge is 0.334 e. The lowest BCUT2D eigenvalue weighted by molar-refractivity contribution is 0.244. The van der Waals surface area contributed by atoms with Crippen LogP contribution in [0, 0.1) is 6.92 Å². The van der Waals surface area contributed by atoms with Gasteiger partial charge in [-0.3, -0.25) is 0 Å². The van der Waals surface area contributed by atoms with E-state index in [1.165, 1.54) is 5.56 Å². The maximum atomic E-state index is 11.7. The number of rotatable bonds is 4. The summed E-state index contributed by atoms with van der Waals surface area (Å²) < 4.78 is 0. The Morgan fingerprint density at radius 2 is 2.00 bits per heavy atom. The van der Waals surface area contributed by atoms with Crippen molar-refractivity contribution >= 4 is 23.7 Å². The molecule has 0 saturated heterocycles. The van der Waals surface area contributed by atoms with Crippen molar-refractivity contribution in [2.45, 2.75) is 13.5 Å². The maximum absolute atomic E-state index is 11.7. The van der Waals surface area contributed by atoms with E-state index in [2.05, 4.69) is 10.6 Å². The molecule has 108 valence electrons. The number of hydrogen-bond acceptors (Lipinski definition) is 1. The van der Waals surface area contributed by atoms with E-state index in [1.54, 1.807) is 18.3 Å². The van der Waals surface area contributed by atoms with Gasteiger partial charge in [0.1, 0.15) is 0 Å². The lowest BCUT2D eigenvalue weighted by Crippen LogP contribution is -2.31. The SMILES string of the molecule is Cc1cccc(CNC(=O)N/C=C/c2cccc(Cl)c2)c1. The molecule has 2 amide bonds. The second-order valence-electron chi connectivity index (χ2n) is 4.70. The summed E-state index contributed by atoms with van der Waals surface area (Å²) in [7, 11) is 0. The van der Waals surface area contributed by atoms with Crippen molar-refractivity contribution in [3.8, 4) is 0 Å². The molecule has 0 atom stereocenters. The van der Waals surface area contributed by atoms with Crippen LogP contribution in [-0.2, 0) is 6.54 Å². The number of aryl methyl sites for hydroxylation is 1. The van der Waals surface area contributed by atoms with Crippen molar-refractivity contribution in [3.05, 3.63) is 76.4 Å². The van der Waals surface area contributed by atoms with Gasteiger partial charge in [-0.15, -0.1) is 0 Å². The molecule has 0 aliphatic heterocycles. The zero-order valence-corrected chi connectivity index (χ0v) is 12.5. The molecule has 0 fully saturated rings. The molecule has 0 aromatic heterocycles. The van der Waals surface area contributed by atoms with Crippen molar-refractivity contribution in [2.75, 3.05) is 0 Å². The average Bonchev–Trinajstić information content (AvgIpc) is 2.45. The highest BCUT2D eigenvalue weighted by molar-refractivity contribution is 6.30. The monoisotopic (exact) mass is 300 g/mol. The van der Waals surface area contributed by atoms with Crippen LogP contribution in [0.4, 0.5) is 4.79 Å². The smallest absolute Gasteiger partial charge is 0.319 e. The van der Waals surface area contributed by atoms with Gasteiger partial charge in [0.2, 0.25) is 0 Å². The third kappa shape index (κ3) is 5.32. The molecule has 2 rings (SSSR count). The van der Waals surface area contributed by atoms with E-state index in [0.717, 1.165) is 11.1 Å². The first-order chi connectivity index (χ1) is 10.1. The van der Waals surface area contributed by atoms with Crippen LogP contribution in [0.3, 0.4) is 0 Å². The predicted octanol–water partition coefficient (Wildman–Crippen LogP) is 4.12. The fourth-order valence-corrected chi connectivity index (χ4v) is 2.08. The molecule has 2 N–H and O–H groups in total. The van der Waals surface area contributed by atoms with Crippen LogP contribution in [0.2, 0.25) is 5.02 Å². The van der Waals surface area contributed by atoms with Crippen molar-refractivity contribution in [2.24, 2.45) is 0 Å². The zero-order valence-electron chi connectivity index (χ0n) is 11.8. The van der Waals surface area contributed by atoms with Crippen molar-refractivity contribution in [3.63, 3.8) is 0 Å². The van der Waals surface area contributed by atoms with Gasteiger partial charge in [-0.2, -0.15) is 0 Å². The molecule has 0 radical (unpaired) electrons. The topological polar surface area (TPSA) is 41.1 Å². The summed E-state index contributed by atoms with van der Waals surface area (Å²) in [5.74, 6) is 0. The predicted molar refractivity (Wildman–Crippen MR) is 87.0 cm³/mol. The molecule has 4 heteroatoms. The average molecular weight is 301 g/mol. The molecule has 0 bridgehead atoms. The Morgan fingerprint density at radius 3 is 2.76 bits per heavy atom. The van der Waals surface area contributed by atoms with Gasteiger partial charge in [0.25, 0.3) is 0 Å². The quantitative estimate of drug-likeness (QED) is 0.876.